The predicted molar refractivity (Wildman–Crippen MR) is 73.2 cm³/mol. The minimum atomic E-state index is 0.792. The minimum Gasteiger partial charge on any atom is -0.332 e. The monoisotopic (exact) mass is 286 g/mol. The van der Waals surface area contributed by atoms with E-state index in [1.807, 2.05) is 0 Å². The molecule has 1 saturated carbocycles. The second-order valence-electron chi connectivity index (χ2n) is 5.60. The van der Waals surface area contributed by atoms with E-state index in [-0.39, 0.29) is 0 Å². The molecule has 1 aliphatic heterocycles. The number of hydrogen-bond acceptors (Lipinski definition) is 0. The van der Waals surface area contributed by atoms with Crippen LogP contribution < -0.4 is 4.90 Å². The lowest BCUT2D eigenvalue weighted by Crippen LogP contribution is -3.13. The topological polar surface area (TPSA) is 4.44 Å². The van der Waals surface area contributed by atoms with Gasteiger partial charge in [0, 0.05) is 11.2 Å². The second kappa shape index (κ2) is 6.20. The number of likely N-dealkylation sites (N-methyl/N-ethyl adjacent to an activating group) is 1. The summed E-state index contributed by atoms with van der Waals surface area (Å²) < 4.78 is 0. The van der Waals surface area contributed by atoms with Crippen molar-refractivity contribution in [2.45, 2.75) is 55.8 Å². The van der Waals surface area contributed by atoms with Gasteiger partial charge in [0.15, 0.2) is 0 Å². The first-order chi connectivity index (χ1) is 7.75. The molecule has 1 N–H and O–H groups in total. The van der Waals surface area contributed by atoms with E-state index >= 15 is 0 Å². The van der Waals surface area contributed by atoms with Crippen LogP contribution in [0.3, 0.4) is 0 Å². The average Bonchev–Trinajstić information content (AvgIpc) is 2.30. The van der Waals surface area contributed by atoms with Crippen LogP contribution in [0.5, 0.6) is 0 Å². The molecule has 2 unspecified atom stereocenters. The molecular weight excluding hydrogens is 262 g/mol. The van der Waals surface area contributed by atoms with Gasteiger partial charge in [-0.25, -0.2) is 0 Å². The highest BCUT2D eigenvalue weighted by Gasteiger charge is 2.21. The Morgan fingerprint density at radius 1 is 1.00 bits per heavy atom. The number of rotatable bonds is 2. The van der Waals surface area contributed by atoms with E-state index in [4.69, 9.17) is 0 Å². The smallest absolute Gasteiger partial charge is 0.106 e. The summed E-state index contributed by atoms with van der Waals surface area (Å²) in [4.78, 5) is 2.51. The number of hydrogen-bond donors (Lipinski definition) is 1. The summed E-state index contributed by atoms with van der Waals surface area (Å²) in [5.41, 5.74) is 0. The molecule has 1 heterocycles. The molecule has 2 rings (SSSR count). The SMILES string of the molecule is C[NH+]1CCCCC1/C=C/C1CCC(Br)CC1. The molecule has 0 aromatic rings. The molecule has 1 saturated heterocycles. The van der Waals surface area contributed by atoms with Crippen LogP contribution in [-0.4, -0.2) is 24.5 Å². The van der Waals surface area contributed by atoms with Crippen molar-refractivity contribution in [2.75, 3.05) is 13.6 Å². The molecule has 2 heteroatoms. The summed E-state index contributed by atoms with van der Waals surface area (Å²) in [6, 6.07) is 0.801. The van der Waals surface area contributed by atoms with Crippen molar-refractivity contribution in [3.63, 3.8) is 0 Å². The van der Waals surface area contributed by atoms with Gasteiger partial charge in [-0.3, -0.25) is 0 Å². The van der Waals surface area contributed by atoms with Crippen molar-refractivity contribution in [1.29, 1.82) is 0 Å². The zero-order chi connectivity index (χ0) is 11.4. The van der Waals surface area contributed by atoms with Crippen LogP contribution in [-0.2, 0) is 0 Å². The van der Waals surface area contributed by atoms with Gasteiger partial charge in [-0.05, 0) is 50.5 Å². The van der Waals surface area contributed by atoms with Gasteiger partial charge >= 0.3 is 0 Å². The van der Waals surface area contributed by atoms with Gasteiger partial charge in [0.05, 0.1) is 13.6 Å². The minimum absolute atomic E-state index is 0.792. The zero-order valence-corrected chi connectivity index (χ0v) is 12.0. The fourth-order valence-corrected chi connectivity index (χ4v) is 3.55. The maximum absolute atomic E-state index is 3.72. The van der Waals surface area contributed by atoms with E-state index in [0.717, 1.165) is 16.8 Å². The van der Waals surface area contributed by atoms with Gasteiger partial charge < -0.3 is 4.90 Å². The van der Waals surface area contributed by atoms with Crippen molar-refractivity contribution in [1.82, 2.24) is 0 Å². The van der Waals surface area contributed by atoms with Crippen LogP contribution in [0.1, 0.15) is 44.9 Å². The quantitative estimate of drug-likeness (QED) is 0.588. The fraction of sp³-hybridized carbons (Fsp3) is 0.857. The molecular formula is C14H25BrN+. The van der Waals surface area contributed by atoms with Crippen LogP contribution in [0.2, 0.25) is 0 Å². The van der Waals surface area contributed by atoms with Crippen LogP contribution in [0.25, 0.3) is 0 Å². The zero-order valence-electron chi connectivity index (χ0n) is 10.4. The van der Waals surface area contributed by atoms with Crippen LogP contribution in [0.15, 0.2) is 12.2 Å². The highest BCUT2D eigenvalue weighted by Crippen LogP contribution is 2.29. The lowest BCUT2D eigenvalue weighted by atomic mass is 9.88. The van der Waals surface area contributed by atoms with Gasteiger partial charge in [0.25, 0.3) is 0 Å². The molecule has 0 spiro atoms. The Balaban J connectivity index is 1.79. The van der Waals surface area contributed by atoms with E-state index < -0.39 is 0 Å². The van der Waals surface area contributed by atoms with Gasteiger partial charge in [-0.1, -0.05) is 22.0 Å². The molecule has 1 aliphatic carbocycles. The Morgan fingerprint density at radius 3 is 2.44 bits per heavy atom. The van der Waals surface area contributed by atoms with Gasteiger partial charge in [-0.2, -0.15) is 0 Å². The van der Waals surface area contributed by atoms with Crippen molar-refractivity contribution in [3.8, 4) is 0 Å². The molecule has 92 valence electrons. The number of allylic oxidation sites excluding steroid dienone is 1. The highest BCUT2D eigenvalue weighted by atomic mass is 79.9. The molecule has 0 amide bonds. The maximum atomic E-state index is 3.72. The Labute approximate surface area is 108 Å². The van der Waals surface area contributed by atoms with Crippen molar-refractivity contribution >= 4 is 15.9 Å². The Kier molecular flexibility index (Phi) is 4.90. The molecule has 2 aliphatic rings. The first-order valence-corrected chi connectivity index (χ1v) is 7.82. The number of nitrogens with one attached hydrogen (secondary N) is 1. The molecule has 0 bridgehead atoms. The summed E-state index contributed by atoms with van der Waals surface area (Å²) >= 11 is 3.72. The maximum Gasteiger partial charge on any atom is 0.106 e. The van der Waals surface area contributed by atoms with E-state index in [0.29, 0.717) is 0 Å². The molecule has 2 atom stereocenters. The van der Waals surface area contributed by atoms with E-state index in [1.165, 1.54) is 51.5 Å². The summed E-state index contributed by atoms with van der Waals surface area (Å²) in [7, 11) is 2.35. The largest absolute Gasteiger partial charge is 0.332 e. The third-order valence-corrected chi connectivity index (χ3v) is 5.20. The predicted octanol–water partition coefficient (Wildman–Crippen LogP) is 2.56. The Morgan fingerprint density at radius 2 is 1.75 bits per heavy atom. The lowest BCUT2D eigenvalue weighted by Gasteiger charge is -2.28. The number of piperidine rings is 1. The first-order valence-electron chi connectivity index (χ1n) is 6.90. The van der Waals surface area contributed by atoms with E-state index in [1.54, 1.807) is 4.90 Å². The van der Waals surface area contributed by atoms with E-state index in [2.05, 4.69) is 35.1 Å². The van der Waals surface area contributed by atoms with Gasteiger partial charge in [0.1, 0.15) is 6.04 Å². The first kappa shape index (κ1) is 12.6. The summed E-state index contributed by atoms with van der Waals surface area (Å²) in [6.45, 7) is 1.36. The van der Waals surface area contributed by atoms with Crippen LogP contribution >= 0.6 is 15.9 Å². The van der Waals surface area contributed by atoms with Crippen molar-refractivity contribution < 1.29 is 4.90 Å². The fourth-order valence-electron chi connectivity index (χ4n) is 3.02. The lowest BCUT2D eigenvalue weighted by molar-refractivity contribution is -0.904. The van der Waals surface area contributed by atoms with Gasteiger partial charge in [0.2, 0.25) is 0 Å². The molecule has 0 aromatic heterocycles. The number of quaternary nitrogens is 1. The van der Waals surface area contributed by atoms with Gasteiger partial charge in [-0.15, -0.1) is 0 Å². The summed E-state index contributed by atoms with van der Waals surface area (Å²) in [5.74, 6) is 0.864. The van der Waals surface area contributed by atoms with Crippen LogP contribution in [0.4, 0.5) is 0 Å². The standard InChI is InChI=1S/C14H24BrN/c1-16-11-3-2-4-14(16)10-7-12-5-8-13(15)9-6-12/h7,10,12-14H,2-6,8-9,11H2,1H3/p+1/b10-7+. The Bertz CT molecular complexity index is 231. The normalized spacial score (nSPS) is 41.4. The molecule has 2 fully saturated rings. The highest BCUT2D eigenvalue weighted by molar-refractivity contribution is 9.09. The van der Waals surface area contributed by atoms with Crippen molar-refractivity contribution in [2.24, 2.45) is 5.92 Å². The molecule has 16 heavy (non-hydrogen) atoms. The number of likely N-dealkylation sites (tertiary alicyclic amines) is 1. The van der Waals surface area contributed by atoms with E-state index in [9.17, 15) is 0 Å². The average molecular weight is 287 g/mol. The molecule has 0 radical (unpaired) electrons. The molecule has 1 nitrogen and oxygen atoms in total. The third-order valence-electron chi connectivity index (χ3n) is 4.29. The summed E-state index contributed by atoms with van der Waals surface area (Å²) in [5, 5.41) is 0. The molecule has 0 aromatic carbocycles. The summed E-state index contributed by atoms with van der Waals surface area (Å²) in [6.07, 6.45) is 14.8. The second-order valence-corrected chi connectivity index (χ2v) is 6.89. The van der Waals surface area contributed by atoms with Crippen LogP contribution in [0, 0.1) is 5.92 Å². The Hall–Kier alpha value is 0.180. The van der Waals surface area contributed by atoms with Crippen molar-refractivity contribution in [3.05, 3.63) is 12.2 Å². The number of halogens is 1. The number of alkyl halides is 1. The third kappa shape index (κ3) is 3.59.